The normalized spacial score (nSPS) is 25.0. The summed E-state index contributed by atoms with van der Waals surface area (Å²) in [5.41, 5.74) is 0.551. The quantitative estimate of drug-likeness (QED) is 0.772. The van der Waals surface area contributed by atoms with Crippen molar-refractivity contribution >= 4 is 5.91 Å². The molecule has 0 spiro atoms. The van der Waals surface area contributed by atoms with Gasteiger partial charge in [0.1, 0.15) is 5.69 Å². The van der Waals surface area contributed by atoms with Gasteiger partial charge in [-0.25, -0.2) is 0 Å². The molecule has 0 bridgehead atoms. The third kappa shape index (κ3) is 1.96. The lowest BCUT2D eigenvalue weighted by molar-refractivity contribution is 0.0643. The highest BCUT2D eigenvalue weighted by Gasteiger charge is 2.35. The molecule has 5 heteroatoms. The zero-order valence-corrected chi connectivity index (χ0v) is 9.22. The SMILES string of the molecule is CO[C@H]1C[C@@H](CO)N(C(=O)c2ccc[nH]2)C1. The number of nitrogens with zero attached hydrogens (tertiary/aromatic N) is 1. The van der Waals surface area contributed by atoms with Gasteiger partial charge in [-0.2, -0.15) is 0 Å². The highest BCUT2D eigenvalue weighted by molar-refractivity contribution is 5.92. The molecule has 2 rings (SSSR count). The Balaban J connectivity index is 2.11. The number of hydrogen-bond donors (Lipinski definition) is 2. The van der Waals surface area contributed by atoms with Crippen LogP contribution in [0.25, 0.3) is 0 Å². The van der Waals surface area contributed by atoms with Crippen molar-refractivity contribution in [3.8, 4) is 0 Å². The number of rotatable bonds is 3. The highest BCUT2D eigenvalue weighted by atomic mass is 16.5. The minimum Gasteiger partial charge on any atom is -0.394 e. The Morgan fingerprint density at radius 3 is 3.12 bits per heavy atom. The Hall–Kier alpha value is -1.33. The number of hydrogen-bond acceptors (Lipinski definition) is 3. The molecule has 1 aromatic rings. The molecule has 0 radical (unpaired) electrons. The number of nitrogens with one attached hydrogen (secondary N) is 1. The van der Waals surface area contributed by atoms with Gasteiger partial charge in [0.25, 0.3) is 5.91 Å². The van der Waals surface area contributed by atoms with Gasteiger partial charge in [-0.15, -0.1) is 0 Å². The number of likely N-dealkylation sites (tertiary alicyclic amines) is 1. The fourth-order valence-electron chi connectivity index (χ4n) is 2.08. The molecule has 1 saturated heterocycles. The van der Waals surface area contributed by atoms with Crippen LogP contribution in [0.3, 0.4) is 0 Å². The Bertz CT molecular complexity index is 350. The molecule has 16 heavy (non-hydrogen) atoms. The lowest BCUT2D eigenvalue weighted by Gasteiger charge is -2.21. The van der Waals surface area contributed by atoms with Gasteiger partial charge in [0.05, 0.1) is 18.8 Å². The number of H-pyrrole nitrogens is 1. The second kappa shape index (κ2) is 4.67. The molecule has 0 unspecified atom stereocenters. The van der Waals surface area contributed by atoms with Crippen LogP contribution in [0.4, 0.5) is 0 Å². The molecule has 0 aliphatic carbocycles. The third-order valence-electron chi connectivity index (χ3n) is 3.01. The Morgan fingerprint density at radius 1 is 1.75 bits per heavy atom. The van der Waals surface area contributed by atoms with Gasteiger partial charge in [-0.3, -0.25) is 4.79 Å². The lowest BCUT2D eigenvalue weighted by atomic mass is 10.2. The second-order valence-corrected chi connectivity index (χ2v) is 3.97. The van der Waals surface area contributed by atoms with Crippen molar-refractivity contribution < 1.29 is 14.6 Å². The van der Waals surface area contributed by atoms with Crippen LogP contribution in [0, 0.1) is 0 Å². The minimum atomic E-state index is -0.138. The summed E-state index contributed by atoms with van der Waals surface area (Å²) in [4.78, 5) is 16.6. The van der Waals surface area contributed by atoms with Gasteiger partial charge in [0.2, 0.25) is 0 Å². The Labute approximate surface area is 94.0 Å². The predicted octanol–water partition coefficient (Wildman–Crippen LogP) is 0.236. The smallest absolute Gasteiger partial charge is 0.270 e. The number of aliphatic hydroxyl groups excluding tert-OH is 1. The van der Waals surface area contributed by atoms with Crippen molar-refractivity contribution in [2.75, 3.05) is 20.3 Å². The number of aromatic nitrogens is 1. The Morgan fingerprint density at radius 2 is 2.56 bits per heavy atom. The van der Waals surface area contributed by atoms with E-state index in [9.17, 15) is 9.90 Å². The molecule has 2 N–H and O–H groups in total. The van der Waals surface area contributed by atoms with Crippen LogP contribution < -0.4 is 0 Å². The summed E-state index contributed by atoms with van der Waals surface area (Å²) in [6.07, 6.45) is 2.43. The van der Waals surface area contributed by atoms with Crippen LogP contribution in [0.1, 0.15) is 16.9 Å². The monoisotopic (exact) mass is 224 g/mol. The van der Waals surface area contributed by atoms with E-state index in [1.165, 1.54) is 0 Å². The molecule has 1 aromatic heterocycles. The Kier molecular flexibility index (Phi) is 3.26. The highest BCUT2D eigenvalue weighted by Crippen LogP contribution is 2.21. The van der Waals surface area contributed by atoms with Gasteiger partial charge in [0, 0.05) is 19.9 Å². The van der Waals surface area contributed by atoms with Gasteiger partial charge >= 0.3 is 0 Å². The summed E-state index contributed by atoms with van der Waals surface area (Å²) in [6, 6.07) is 3.38. The van der Waals surface area contributed by atoms with E-state index in [0.717, 1.165) is 0 Å². The van der Waals surface area contributed by atoms with Gasteiger partial charge in [0.15, 0.2) is 0 Å². The second-order valence-electron chi connectivity index (χ2n) is 3.97. The summed E-state index contributed by atoms with van der Waals surface area (Å²) in [6.45, 7) is 0.520. The molecule has 1 fully saturated rings. The first kappa shape index (κ1) is 11.2. The number of amides is 1. The van der Waals surface area contributed by atoms with E-state index < -0.39 is 0 Å². The average Bonchev–Trinajstić information content (AvgIpc) is 2.96. The van der Waals surface area contributed by atoms with Crippen LogP contribution in [0.15, 0.2) is 18.3 Å². The van der Waals surface area contributed by atoms with Gasteiger partial charge in [-0.1, -0.05) is 0 Å². The van der Waals surface area contributed by atoms with E-state index in [0.29, 0.717) is 18.7 Å². The van der Waals surface area contributed by atoms with Crippen molar-refractivity contribution in [3.05, 3.63) is 24.0 Å². The molecule has 1 amide bonds. The fourth-order valence-corrected chi connectivity index (χ4v) is 2.08. The van der Waals surface area contributed by atoms with Crippen molar-refractivity contribution in [1.82, 2.24) is 9.88 Å². The topological polar surface area (TPSA) is 65.6 Å². The zero-order chi connectivity index (χ0) is 11.5. The molecule has 2 heterocycles. The molecule has 1 aliphatic rings. The molecule has 88 valence electrons. The predicted molar refractivity (Wildman–Crippen MR) is 58.1 cm³/mol. The molecule has 0 saturated carbocycles. The van der Waals surface area contributed by atoms with Crippen LogP contribution >= 0.6 is 0 Å². The van der Waals surface area contributed by atoms with E-state index in [4.69, 9.17) is 4.74 Å². The first-order valence-electron chi connectivity index (χ1n) is 5.34. The average molecular weight is 224 g/mol. The molecule has 1 aliphatic heterocycles. The summed E-state index contributed by atoms with van der Waals surface area (Å²) in [5, 5.41) is 9.24. The number of carbonyl (C=O) groups is 1. The van der Waals surface area contributed by atoms with Gasteiger partial charge < -0.3 is 19.7 Å². The standard InChI is InChI=1S/C11H16N2O3/c1-16-9-5-8(7-14)13(6-9)11(15)10-3-2-4-12-10/h2-4,8-9,12,14H,5-7H2,1H3/t8-,9-/m0/s1. The van der Waals surface area contributed by atoms with Crippen molar-refractivity contribution in [2.24, 2.45) is 0 Å². The van der Waals surface area contributed by atoms with Crippen LogP contribution in [0.5, 0.6) is 0 Å². The van der Waals surface area contributed by atoms with Crippen LogP contribution in [0.2, 0.25) is 0 Å². The number of aliphatic hydroxyl groups is 1. The number of ether oxygens (including phenoxy) is 1. The van der Waals surface area contributed by atoms with E-state index in [1.807, 2.05) is 0 Å². The van der Waals surface area contributed by atoms with Crippen molar-refractivity contribution in [3.63, 3.8) is 0 Å². The maximum atomic E-state index is 12.1. The number of methoxy groups -OCH3 is 1. The lowest BCUT2D eigenvalue weighted by Crippen LogP contribution is -2.38. The summed E-state index contributed by atoms with van der Waals surface area (Å²) in [7, 11) is 1.63. The first-order chi connectivity index (χ1) is 7.76. The van der Waals surface area contributed by atoms with E-state index in [1.54, 1.807) is 30.3 Å². The van der Waals surface area contributed by atoms with E-state index in [2.05, 4.69) is 4.98 Å². The van der Waals surface area contributed by atoms with Crippen LogP contribution in [-0.2, 0) is 4.74 Å². The van der Waals surface area contributed by atoms with E-state index >= 15 is 0 Å². The molecular weight excluding hydrogens is 208 g/mol. The van der Waals surface area contributed by atoms with E-state index in [-0.39, 0.29) is 24.7 Å². The number of aromatic amines is 1. The maximum Gasteiger partial charge on any atom is 0.270 e. The summed E-state index contributed by atoms with van der Waals surface area (Å²) < 4.78 is 5.23. The molecule has 0 aromatic carbocycles. The molecule has 2 atom stereocenters. The first-order valence-corrected chi connectivity index (χ1v) is 5.34. The van der Waals surface area contributed by atoms with Crippen molar-refractivity contribution in [1.29, 1.82) is 0 Å². The fraction of sp³-hybridized carbons (Fsp3) is 0.545. The maximum absolute atomic E-state index is 12.1. The van der Waals surface area contributed by atoms with Crippen LogP contribution in [-0.4, -0.2) is 53.3 Å². The molecular formula is C11H16N2O3. The third-order valence-corrected chi connectivity index (χ3v) is 3.01. The largest absolute Gasteiger partial charge is 0.394 e. The van der Waals surface area contributed by atoms with Gasteiger partial charge in [-0.05, 0) is 18.6 Å². The molecule has 5 nitrogen and oxygen atoms in total. The summed E-state index contributed by atoms with van der Waals surface area (Å²) >= 11 is 0. The number of carbonyl (C=O) groups excluding carboxylic acids is 1. The minimum absolute atomic E-state index is 0.0215. The van der Waals surface area contributed by atoms with Crippen molar-refractivity contribution in [2.45, 2.75) is 18.6 Å². The zero-order valence-electron chi connectivity index (χ0n) is 9.22. The summed E-state index contributed by atoms with van der Waals surface area (Å²) in [5.74, 6) is -0.0800.